The number of aromatic hydroxyl groups is 1. The first-order valence-corrected chi connectivity index (χ1v) is 6.98. The Hall–Kier alpha value is -1.59. The lowest BCUT2D eigenvalue weighted by Crippen LogP contribution is -2.58. The van der Waals surface area contributed by atoms with Crippen molar-refractivity contribution in [3.05, 3.63) is 23.8 Å². The molecule has 0 aromatic heterocycles. The first-order chi connectivity index (χ1) is 9.41. The standard InChI is InChI=1S/C15H23N3O2/c1-11-4-5-12(10-13(11)19)17-14(20)15(2,3)18-8-6-16-7-9-18/h4-5,10,16,19H,6-9H2,1-3H3,(H,17,20). The van der Waals surface area contributed by atoms with Gasteiger partial charge in [-0.2, -0.15) is 0 Å². The number of piperazine rings is 1. The van der Waals surface area contributed by atoms with Crippen LogP contribution in [-0.2, 0) is 4.79 Å². The molecule has 0 bridgehead atoms. The van der Waals surface area contributed by atoms with Crippen LogP contribution in [0, 0.1) is 6.92 Å². The number of aryl methyl sites for hydroxylation is 1. The Morgan fingerprint density at radius 3 is 2.60 bits per heavy atom. The summed E-state index contributed by atoms with van der Waals surface area (Å²) in [6.45, 7) is 9.22. The molecule has 1 aliphatic heterocycles. The number of phenolic OH excluding ortho intramolecular Hbond substituents is 1. The fourth-order valence-corrected chi connectivity index (χ4v) is 2.34. The summed E-state index contributed by atoms with van der Waals surface area (Å²) in [5.74, 6) is 0.144. The van der Waals surface area contributed by atoms with Gasteiger partial charge in [-0.3, -0.25) is 9.69 Å². The molecular weight excluding hydrogens is 254 g/mol. The Morgan fingerprint density at radius 1 is 1.35 bits per heavy atom. The molecule has 0 atom stereocenters. The van der Waals surface area contributed by atoms with Crippen molar-refractivity contribution in [1.29, 1.82) is 0 Å². The van der Waals surface area contributed by atoms with Gasteiger partial charge in [0.05, 0.1) is 5.54 Å². The number of phenols is 1. The van der Waals surface area contributed by atoms with Crippen molar-refractivity contribution in [2.45, 2.75) is 26.3 Å². The van der Waals surface area contributed by atoms with Crippen molar-refractivity contribution in [2.75, 3.05) is 31.5 Å². The van der Waals surface area contributed by atoms with E-state index in [1.165, 1.54) is 0 Å². The molecule has 0 radical (unpaired) electrons. The number of benzene rings is 1. The van der Waals surface area contributed by atoms with E-state index in [1.54, 1.807) is 18.2 Å². The molecule has 1 fully saturated rings. The van der Waals surface area contributed by atoms with Gasteiger partial charge in [0.1, 0.15) is 5.75 Å². The lowest BCUT2D eigenvalue weighted by Gasteiger charge is -2.39. The van der Waals surface area contributed by atoms with Crippen LogP contribution >= 0.6 is 0 Å². The summed E-state index contributed by atoms with van der Waals surface area (Å²) < 4.78 is 0. The molecular formula is C15H23N3O2. The van der Waals surface area contributed by atoms with Gasteiger partial charge in [0.25, 0.3) is 0 Å². The highest BCUT2D eigenvalue weighted by molar-refractivity contribution is 5.97. The minimum Gasteiger partial charge on any atom is -0.508 e. The van der Waals surface area contributed by atoms with Crippen molar-refractivity contribution in [1.82, 2.24) is 10.2 Å². The second kappa shape index (κ2) is 5.81. The topological polar surface area (TPSA) is 64.6 Å². The molecule has 20 heavy (non-hydrogen) atoms. The van der Waals surface area contributed by atoms with Crippen LogP contribution in [0.2, 0.25) is 0 Å². The Kier molecular flexibility index (Phi) is 4.30. The molecule has 0 saturated carbocycles. The third-order valence-electron chi connectivity index (χ3n) is 3.93. The molecule has 1 heterocycles. The van der Waals surface area contributed by atoms with Gasteiger partial charge in [0, 0.05) is 37.9 Å². The molecule has 1 amide bonds. The summed E-state index contributed by atoms with van der Waals surface area (Å²) in [5.41, 5.74) is 0.855. The highest BCUT2D eigenvalue weighted by atomic mass is 16.3. The molecule has 2 rings (SSSR count). The van der Waals surface area contributed by atoms with Crippen LogP contribution in [0.15, 0.2) is 18.2 Å². The quantitative estimate of drug-likeness (QED) is 0.780. The predicted octanol–water partition coefficient (Wildman–Crippen LogP) is 1.32. The second-order valence-corrected chi connectivity index (χ2v) is 5.75. The highest BCUT2D eigenvalue weighted by Crippen LogP contribution is 2.23. The largest absolute Gasteiger partial charge is 0.508 e. The van der Waals surface area contributed by atoms with Crippen molar-refractivity contribution < 1.29 is 9.90 Å². The number of carbonyl (C=O) groups excluding carboxylic acids is 1. The summed E-state index contributed by atoms with van der Waals surface area (Å²) in [4.78, 5) is 14.6. The van der Waals surface area contributed by atoms with E-state index in [0.29, 0.717) is 5.69 Å². The number of hydrogen-bond acceptors (Lipinski definition) is 4. The summed E-state index contributed by atoms with van der Waals surface area (Å²) >= 11 is 0. The van der Waals surface area contributed by atoms with Crippen LogP contribution in [0.5, 0.6) is 5.75 Å². The smallest absolute Gasteiger partial charge is 0.244 e. The van der Waals surface area contributed by atoms with E-state index in [1.807, 2.05) is 20.8 Å². The first-order valence-electron chi connectivity index (χ1n) is 6.98. The van der Waals surface area contributed by atoms with E-state index in [0.717, 1.165) is 31.7 Å². The van der Waals surface area contributed by atoms with Crippen LogP contribution in [0.1, 0.15) is 19.4 Å². The molecule has 5 nitrogen and oxygen atoms in total. The summed E-state index contributed by atoms with van der Waals surface area (Å²) in [5, 5.41) is 15.9. The summed E-state index contributed by atoms with van der Waals surface area (Å²) in [6.07, 6.45) is 0. The molecule has 0 aliphatic carbocycles. The van der Waals surface area contributed by atoms with Gasteiger partial charge in [-0.05, 0) is 32.4 Å². The lowest BCUT2D eigenvalue weighted by atomic mass is 10.00. The molecule has 0 unspecified atom stereocenters. The molecule has 1 saturated heterocycles. The van der Waals surface area contributed by atoms with Crippen LogP contribution in [0.3, 0.4) is 0 Å². The van der Waals surface area contributed by atoms with Crippen molar-refractivity contribution in [3.8, 4) is 5.75 Å². The molecule has 1 aliphatic rings. The number of amides is 1. The summed E-state index contributed by atoms with van der Waals surface area (Å²) in [7, 11) is 0. The van der Waals surface area contributed by atoms with E-state index in [-0.39, 0.29) is 11.7 Å². The number of carbonyl (C=O) groups is 1. The first kappa shape index (κ1) is 14.8. The Labute approximate surface area is 120 Å². The van der Waals surface area contributed by atoms with Crippen LogP contribution in [-0.4, -0.2) is 47.6 Å². The van der Waals surface area contributed by atoms with Gasteiger partial charge in [0.2, 0.25) is 5.91 Å². The summed E-state index contributed by atoms with van der Waals surface area (Å²) in [6, 6.07) is 5.19. The fourth-order valence-electron chi connectivity index (χ4n) is 2.34. The minimum atomic E-state index is -0.567. The number of nitrogens with one attached hydrogen (secondary N) is 2. The zero-order chi connectivity index (χ0) is 14.8. The second-order valence-electron chi connectivity index (χ2n) is 5.75. The maximum absolute atomic E-state index is 12.5. The number of anilines is 1. The van der Waals surface area contributed by atoms with Crippen molar-refractivity contribution in [2.24, 2.45) is 0 Å². The van der Waals surface area contributed by atoms with E-state index in [2.05, 4.69) is 15.5 Å². The normalized spacial score (nSPS) is 16.9. The Balaban J connectivity index is 2.07. The zero-order valence-corrected chi connectivity index (χ0v) is 12.4. The van der Waals surface area contributed by atoms with Gasteiger partial charge in [0.15, 0.2) is 0 Å². The molecule has 0 spiro atoms. The number of rotatable bonds is 3. The van der Waals surface area contributed by atoms with Gasteiger partial charge >= 0.3 is 0 Å². The molecule has 1 aromatic rings. The zero-order valence-electron chi connectivity index (χ0n) is 12.4. The van der Waals surface area contributed by atoms with E-state index < -0.39 is 5.54 Å². The Bertz CT molecular complexity index is 494. The van der Waals surface area contributed by atoms with Gasteiger partial charge < -0.3 is 15.7 Å². The van der Waals surface area contributed by atoms with Crippen LogP contribution in [0.4, 0.5) is 5.69 Å². The molecule has 5 heteroatoms. The van der Waals surface area contributed by atoms with Gasteiger partial charge in [-0.25, -0.2) is 0 Å². The van der Waals surface area contributed by atoms with E-state index in [9.17, 15) is 9.90 Å². The van der Waals surface area contributed by atoms with E-state index >= 15 is 0 Å². The minimum absolute atomic E-state index is 0.0531. The van der Waals surface area contributed by atoms with Gasteiger partial charge in [-0.1, -0.05) is 6.07 Å². The van der Waals surface area contributed by atoms with E-state index in [4.69, 9.17) is 0 Å². The Morgan fingerprint density at radius 2 is 2.00 bits per heavy atom. The SMILES string of the molecule is Cc1ccc(NC(=O)C(C)(C)N2CCNCC2)cc1O. The van der Waals surface area contributed by atoms with Crippen molar-refractivity contribution >= 4 is 11.6 Å². The van der Waals surface area contributed by atoms with Crippen molar-refractivity contribution in [3.63, 3.8) is 0 Å². The third-order valence-corrected chi connectivity index (χ3v) is 3.93. The van der Waals surface area contributed by atoms with Crippen LogP contribution in [0.25, 0.3) is 0 Å². The van der Waals surface area contributed by atoms with Crippen LogP contribution < -0.4 is 10.6 Å². The number of nitrogens with zero attached hydrogens (tertiary/aromatic N) is 1. The molecule has 1 aromatic carbocycles. The lowest BCUT2D eigenvalue weighted by molar-refractivity contribution is -0.126. The predicted molar refractivity (Wildman–Crippen MR) is 80.0 cm³/mol. The third kappa shape index (κ3) is 3.11. The highest BCUT2D eigenvalue weighted by Gasteiger charge is 2.35. The maximum atomic E-state index is 12.5. The fraction of sp³-hybridized carbons (Fsp3) is 0.533. The average molecular weight is 277 g/mol. The number of hydrogen-bond donors (Lipinski definition) is 3. The van der Waals surface area contributed by atoms with Gasteiger partial charge in [-0.15, -0.1) is 0 Å². The monoisotopic (exact) mass is 277 g/mol. The maximum Gasteiger partial charge on any atom is 0.244 e. The average Bonchev–Trinajstić information content (AvgIpc) is 2.44. The molecule has 110 valence electrons. The molecule has 3 N–H and O–H groups in total.